The van der Waals surface area contributed by atoms with E-state index < -0.39 is 11.5 Å². The molecule has 1 unspecified atom stereocenters. The van der Waals surface area contributed by atoms with E-state index in [0.717, 1.165) is 11.4 Å². The van der Waals surface area contributed by atoms with Crippen molar-refractivity contribution in [2.45, 2.75) is 37.8 Å². The molecule has 3 aliphatic heterocycles. The quantitative estimate of drug-likeness (QED) is 0.579. The van der Waals surface area contributed by atoms with E-state index in [9.17, 15) is 14.4 Å². The minimum atomic E-state index is -0.670. The highest BCUT2D eigenvalue weighted by atomic mass is 16.6. The second kappa shape index (κ2) is 7.23. The number of hydrogen-bond acceptors (Lipinski definition) is 5. The van der Waals surface area contributed by atoms with Crippen LogP contribution in [0.5, 0.6) is 0 Å². The lowest BCUT2D eigenvalue weighted by Gasteiger charge is -2.58. The van der Waals surface area contributed by atoms with Gasteiger partial charge in [-0.2, -0.15) is 0 Å². The fraction of sp³-hybridized carbons (Fsp3) is 0.391. The van der Waals surface area contributed by atoms with Crippen LogP contribution in [0.1, 0.15) is 37.4 Å². The van der Waals surface area contributed by atoms with Crippen LogP contribution in [-0.2, 0) is 19.1 Å². The predicted octanol–water partition coefficient (Wildman–Crippen LogP) is 2.48. The number of likely N-dealkylation sites (tertiary alicyclic amines) is 1. The van der Waals surface area contributed by atoms with Crippen molar-refractivity contribution in [2.75, 3.05) is 18.0 Å². The van der Waals surface area contributed by atoms with Crippen LogP contribution in [0.2, 0.25) is 0 Å². The number of anilines is 1. The molecule has 154 valence electrons. The average Bonchev–Trinajstić information content (AvgIpc) is 3.24. The molecule has 30 heavy (non-hydrogen) atoms. The number of benzene rings is 1. The molecule has 3 aliphatic rings. The maximum absolute atomic E-state index is 13.4. The first kappa shape index (κ1) is 18.8. The fourth-order valence-corrected chi connectivity index (χ4v) is 4.98. The zero-order valence-electron chi connectivity index (χ0n) is 16.6. The number of β-lactam (4-membered cyclic amide) rings is 1. The van der Waals surface area contributed by atoms with Crippen molar-refractivity contribution in [3.05, 3.63) is 60.4 Å². The van der Waals surface area contributed by atoms with E-state index in [2.05, 4.69) is 4.98 Å². The lowest BCUT2D eigenvalue weighted by Crippen LogP contribution is -2.67. The molecule has 3 fully saturated rings. The number of pyridine rings is 1. The number of amides is 2. The second-order valence-corrected chi connectivity index (χ2v) is 8.17. The number of piperidine rings is 1. The van der Waals surface area contributed by atoms with E-state index in [1.54, 1.807) is 11.1 Å². The number of rotatable bonds is 3. The van der Waals surface area contributed by atoms with Gasteiger partial charge in [0.15, 0.2) is 6.10 Å². The Hall–Kier alpha value is -3.22. The Kier molecular flexibility index (Phi) is 4.53. The molecule has 2 amide bonds. The Morgan fingerprint density at radius 2 is 1.77 bits per heavy atom. The first-order valence-corrected chi connectivity index (χ1v) is 10.4. The van der Waals surface area contributed by atoms with Crippen molar-refractivity contribution in [1.82, 2.24) is 9.88 Å². The molecule has 0 N–H and O–H groups in total. The zero-order valence-corrected chi connectivity index (χ0v) is 16.6. The van der Waals surface area contributed by atoms with Gasteiger partial charge in [-0.05, 0) is 37.1 Å². The van der Waals surface area contributed by atoms with Gasteiger partial charge in [-0.1, -0.05) is 24.3 Å². The number of cyclic esters (lactones) is 1. The second-order valence-electron chi connectivity index (χ2n) is 8.17. The van der Waals surface area contributed by atoms with Crippen LogP contribution >= 0.6 is 0 Å². The Labute approximate surface area is 174 Å². The van der Waals surface area contributed by atoms with Crippen LogP contribution < -0.4 is 4.90 Å². The molecule has 4 heterocycles. The Morgan fingerprint density at radius 3 is 2.40 bits per heavy atom. The third-order valence-corrected chi connectivity index (χ3v) is 6.56. The van der Waals surface area contributed by atoms with Gasteiger partial charge in [-0.25, -0.2) is 0 Å². The largest absolute Gasteiger partial charge is 0.452 e. The van der Waals surface area contributed by atoms with E-state index in [-0.39, 0.29) is 23.8 Å². The normalized spacial score (nSPS) is 25.2. The maximum atomic E-state index is 13.4. The summed E-state index contributed by atoms with van der Waals surface area (Å²) in [6.45, 7) is 0.954. The molecule has 0 bridgehead atoms. The number of esters is 1. The third kappa shape index (κ3) is 2.88. The number of hydrogen-bond donors (Lipinski definition) is 0. The van der Waals surface area contributed by atoms with Crippen LogP contribution in [-0.4, -0.2) is 46.9 Å². The summed E-state index contributed by atoms with van der Waals surface area (Å²) in [7, 11) is 0. The lowest BCUT2D eigenvalue weighted by atomic mass is 9.63. The van der Waals surface area contributed by atoms with E-state index in [0.29, 0.717) is 38.8 Å². The average molecular weight is 405 g/mol. The van der Waals surface area contributed by atoms with Gasteiger partial charge in [0, 0.05) is 37.8 Å². The van der Waals surface area contributed by atoms with Gasteiger partial charge in [0.1, 0.15) is 0 Å². The first-order valence-electron chi connectivity index (χ1n) is 10.4. The molecular weight excluding hydrogens is 382 g/mol. The number of ether oxygens (including phenoxy) is 1. The number of para-hydroxylation sites is 1. The van der Waals surface area contributed by atoms with E-state index in [4.69, 9.17) is 4.74 Å². The molecule has 1 aromatic carbocycles. The summed E-state index contributed by atoms with van der Waals surface area (Å²) < 4.78 is 5.14. The van der Waals surface area contributed by atoms with E-state index >= 15 is 0 Å². The fourth-order valence-electron chi connectivity index (χ4n) is 4.98. The summed E-state index contributed by atoms with van der Waals surface area (Å²) in [5.41, 5.74) is 1.17. The van der Waals surface area contributed by atoms with Crippen molar-refractivity contribution in [3.63, 3.8) is 0 Å². The SMILES string of the molecule is O=C1CC[C@@H](C(=O)N2CCC3(CC2)C(=O)N(c2ccccc2)C3c2ccccn2)O1. The first-order chi connectivity index (χ1) is 14.6. The summed E-state index contributed by atoms with van der Waals surface area (Å²) in [5.74, 6) is -0.370. The monoisotopic (exact) mass is 405 g/mol. The van der Waals surface area contributed by atoms with Gasteiger partial charge in [0.25, 0.3) is 5.91 Å². The number of carbonyl (C=O) groups is 3. The van der Waals surface area contributed by atoms with E-state index in [1.165, 1.54) is 0 Å². The smallest absolute Gasteiger partial charge is 0.306 e. The van der Waals surface area contributed by atoms with Crippen molar-refractivity contribution in [3.8, 4) is 0 Å². The molecule has 2 aromatic rings. The highest BCUT2D eigenvalue weighted by Crippen LogP contribution is 2.57. The van der Waals surface area contributed by atoms with Gasteiger partial charge in [0.2, 0.25) is 5.91 Å². The van der Waals surface area contributed by atoms with Crippen molar-refractivity contribution in [1.29, 1.82) is 0 Å². The number of carbonyl (C=O) groups excluding carboxylic acids is 3. The zero-order chi connectivity index (χ0) is 20.7. The summed E-state index contributed by atoms with van der Waals surface area (Å²) in [6, 6.07) is 15.3. The highest BCUT2D eigenvalue weighted by molar-refractivity contribution is 6.06. The predicted molar refractivity (Wildman–Crippen MR) is 108 cm³/mol. The third-order valence-electron chi connectivity index (χ3n) is 6.56. The van der Waals surface area contributed by atoms with Gasteiger partial charge in [-0.3, -0.25) is 19.4 Å². The minimum Gasteiger partial charge on any atom is -0.452 e. The number of nitrogens with zero attached hydrogens (tertiary/aromatic N) is 3. The van der Waals surface area contributed by atoms with Crippen molar-refractivity contribution in [2.24, 2.45) is 5.41 Å². The van der Waals surface area contributed by atoms with E-state index in [1.807, 2.05) is 53.4 Å². The Balaban J connectivity index is 1.39. The van der Waals surface area contributed by atoms with Gasteiger partial charge >= 0.3 is 5.97 Å². The van der Waals surface area contributed by atoms with Crippen LogP contribution in [0.4, 0.5) is 5.69 Å². The Morgan fingerprint density at radius 1 is 1.03 bits per heavy atom. The topological polar surface area (TPSA) is 79.8 Å². The molecule has 0 radical (unpaired) electrons. The van der Waals surface area contributed by atoms with Gasteiger partial charge < -0.3 is 14.5 Å². The summed E-state index contributed by atoms with van der Waals surface area (Å²) in [6.07, 6.45) is 2.96. The van der Waals surface area contributed by atoms with Gasteiger partial charge in [-0.15, -0.1) is 0 Å². The van der Waals surface area contributed by atoms with Crippen molar-refractivity contribution >= 4 is 23.5 Å². The van der Waals surface area contributed by atoms with Crippen molar-refractivity contribution < 1.29 is 19.1 Å². The summed E-state index contributed by atoms with van der Waals surface area (Å²) in [5, 5.41) is 0. The summed E-state index contributed by atoms with van der Waals surface area (Å²) >= 11 is 0. The summed E-state index contributed by atoms with van der Waals surface area (Å²) in [4.78, 5) is 45.6. The van der Waals surface area contributed by atoms with Crippen LogP contribution in [0.25, 0.3) is 0 Å². The molecule has 5 rings (SSSR count). The Bertz CT molecular complexity index is 970. The molecule has 7 heteroatoms. The molecule has 0 aliphatic carbocycles. The molecule has 2 atom stereocenters. The molecule has 0 saturated carbocycles. The van der Waals surface area contributed by atoms with Crippen LogP contribution in [0.3, 0.4) is 0 Å². The standard InChI is InChI=1S/C23H23N3O4/c27-19-10-9-18(30-19)21(28)25-14-11-23(12-15-25)20(17-8-4-5-13-24-17)26(22(23)29)16-6-2-1-3-7-16/h1-8,13,18,20H,9-12,14-15H2/t18-,20?/m0/s1. The molecule has 7 nitrogen and oxygen atoms in total. The lowest BCUT2D eigenvalue weighted by molar-refractivity contribution is -0.157. The molecule has 1 aromatic heterocycles. The van der Waals surface area contributed by atoms with Crippen LogP contribution in [0.15, 0.2) is 54.7 Å². The van der Waals surface area contributed by atoms with Gasteiger partial charge in [0.05, 0.1) is 17.2 Å². The molecule has 3 saturated heterocycles. The minimum absolute atomic E-state index is 0.0868. The number of aromatic nitrogens is 1. The maximum Gasteiger partial charge on any atom is 0.306 e. The molecule has 1 spiro atoms. The van der Waals surface area contributed by atoms with Crippen LogP contribution in [0, 0.1) is 5.41 Å². The molecular formula is C23H23N3O4. The highest BCUT2D eigenvalue weighted by Gasteiger charge is 2.62.